The van der Waals surface area contributed by atoms with Crippen LogP contribution in [0.4, 0.5) is 4.39 Å². The van der Waals surface area contributed by atoms with Gasteiger partial charge in [-0.3, -0.25) is 0 Å². The lowest BCUT2D eigenvalue weighted by atomic mass is 10.2. The van der Waals surface area contributed by atoms with Crippen LogP contribution in [0, 0.1) is 12.9 Å². The summed E-state index contributed by atoms with van der Waals surface area (Å²) >= 11 is 0. The Labute approximate surface area is 132 Å². The van der Waals surface area contributed by atoms with Gasteiger partial charge >= 0.3 is 5.69 Å². The molecule has 0 bridgehead atoms. The number of nitrogens with zero attached hydrogens (tertiary/aromatic N) is 5. The molecule has 0 radical (unpaired) electrons. The van der Waals surface area contributed by atoms with Gasteiger partial charge in [0.1, 0.15) is 12.4 Å². The number of hydrogen-bond donors (Lipinski definition) is 0. The van der Waals surface area contributed by atoms with Crippen LogP contribution in [0.2, 0.25) is 0 Å². The van der Waals surface area contributed by atoms with Crippen LogP contribution in [0.25, 0.3) is 5.69 Å². The highest BCUT2D eigenvalue weighted by molar-refractivity contribution is 5.39. The molecule has 118 valence electrons. The molecule has 0 aliphatic rings. The molecule has 0 amide bonds. The van der Waals surface area contributed by atoms with Crippen LogP contribution >= 0.6 is 0 Å². The summed E-state index contributed by atoms with van der Waals surface area (Å²) in [5, 5.41) is 7.33. The van der Waals surface area contributed by atoms with Gasteiger partial charge in [0.25, 0.3) is 0 Å². The Morgan fingerprint density at radius 3 is 2.87 bits per heavy atom. The van der Waals surface area contributed by atoms with Crippen LogP contribution in [0.3, 0.4) is 0 Å². The minimum Gasteiger partial charge on any atom is -0.488 e. The molecule has 23 heavy (non-hydrogen) atoms. The van der Waals surface area contributed by atoms with Crippen molar-refractivity contribution in [1.82, 2.24) is 24.8 Å². The van der Waals surface area contributed by atoms with Crippen molar-refractivity contribution < 1.29 is 10.5 Å². The summed E-state index contributed by atoms with van der Waals surface area (Å²) in [5.41, 5.74) is 0.562. The van der Waals surface area contributed by atoms with E-state index < -0.39 is 11.6 Å². The van der Waals surface area contributed by atoms with E-state index in [0.717, 1.165) is 14.9 Å². The summed E-state index contributed by atoms with van der Waals surface area (Å²) in [6.07, 6.45) is 1.25. The molecule has 0 unspecified atom stereocenters. The van der Waals surface area contributed by atoms with Gasteiger partial charge in [-0.25, -0.2) is 9.78 Å². The standard InChI is InChI=1S/C15H14FN5O2/c1-10-5-3-4-6-13(10)23-9-11-12(7-8-17-14(11)16)21-15(22)20(2)18-19-21/h3-8H,9H2,1-2H3/i3T. The van der Waals surface area contributed by atoms with E-state index in [0.29, 0.717) is 11.8 Å². The monoisotopic (exact) mass is 317 g/mol. The zero-order valence-corrected chi connectivity index (χ0v) is 12.5. The molecule has 0 aliphatic heterocycles. The molecule has 2 heterocycles. The lowest BCUT2D eigenvalue weighted by Crippen LogP contribution is -2.23. The van der Waals surface area contributed by atoms with Gasteiger partial charge in [-0.1, -0.05) is 18.2 Å². The third kappa shape index (κ3) is 2.83. The highest BCUT2D eigenvalue weighted by Crippen LogP contribution is 2.21. The number of tetrazole rings is 1. The molecule has 0 aliphatic carbocycles. The minimum atomic E-state index is -0.750. The van der Waals surface area contributed by atoms with Gasteiger partial charge in [0.05, 0.1) is 12.6 Å². The molecule has 7 nitrogen and oxygen atoms in total. The highest BCUT2D eigenvalue weighted by Gasteiger charge is 2.16. The SMILES string of the molecule is [3H]c1ccc(OCc2c(-n3nnn(C)c3=O)ccnc2F)c(C)c1. The van der Waals surface area contributed by atoms with Crippen molar-refractivity contribution in [2.45, 2.75) is 13.5 Å². The smallest absolute Gasteiger partial charge is 0.368 e. The van der Waals surface area contributed by atoms with Crippen LogP contribution in [-0.4, -0.2) is 24.8 Å². The van der Waals surface area contributed by atoms with Gasteiger partial charge in [0.2, 0.25) is 5.95 Å². The first-order valence-corrected chi connectivity index (χ1v) is 6.80. The van der Waals surface area contributed by atoms with Gasteiger partial charge in [-0.05, 0) is 35.0 Å². The van der Waals surface area contributed by atoms with Gasteiger partial charge in [0.15, 0.2) is 0 Å². The van der Waals surface area contributed by atoms with Crippen LogP contribution in [0.15, 0.2) is 41.3 Å². The van der Waals surface area contributed by atoms with Gasteiger partial charge in [0, 0.05) is 13.2 Å². The number of aromatic nitrogens is 5. The van der Waals surface area contributed by atoms with E-state index in [1.54, 1.807) is 25.1 Å². The summed E-state index contributed by atoms with van der Waals surface area (Å²) < 4.78 is 29.4. The van der Waals surface area contributed by atoms with E-state index in [9.17, 15) is 9.18 Å². The Morgan fingerprint density at radius 1 is 1.35 bits per heavy atom. The minimum absolute atomic E-state index is 0.0921. The summed E-state index contributed by atoms with van der Waals surface area (Å²) in [5.74, 6) is -0.230. The zero-order chi connectivity index (χ0) is 17.3. The van der Waals surface area contributed by atoms with Crippen molar-refractivity contribution in [3.05, 3.63) is 64.1 Å². The third-order valence-electron chi connectivity index (χ3n) is 3.32. The first kappa shape index (κ1) is 13.6. The summed E-state index contributed by atoms with van der Waals surface area (Å²) in [6, 6.07) is 6.69. The number of aryl methyl sites for hydroxylation is 2. The Morgan fingerprint density at radius 2 is 2.17 bits per heavy atom. The van der Waals surface area contributed by atoms with E-state index in [2.05, 4.69) is 15.4 Å². The number of ether oxygens (including phenoxy) is 1. The average molecular weight is 317 g/mol. The molecule has 0 fully saturated rings. The van der Waals surface area contributed by atoms with Crippen LogP contribution < -0.4 is 10.4 Å². The lowest BCUT2D eigenvalue weighted by Gasteiger charge is -2.12. The molecule has 0 N–H and O–H groups in total. The number of halogens is 1. The van der Waals surface area contributed by atoms with E-state index in [4.69, 9.17) is 6.11 Å². The fraction of sp³-hybridized carbons (Fsp3) is 0.200. The van der Waals surface area contributed by atoms with E-state index in [-0.39, 0.29) is 17.9 Å². The number of rotatable bonds is 4. The van der Waals surface area contributed by atoms with E-state index in [1.807, 2.05) is 0 Å². The van der Waals surface area contributed by atoms with Gasteiger partial charge < -0.3 is 4.74 Å². The summed E-state index contributed by atoms with van der Waals surface area (Å²) in [7, 11) is 1.45. The number of pyridine rings is 1. The van der Waals surface area contributed by atoms with Crippen LogP contribution in [0.1, 0.15) is 12.5 Å². The van der Waals surface area contributed by atoms with Gasteiger partial charge in [-0.2, -0.15) is 13.8 Å². The quantitative estimate of drug-likeness (QED) is 0.680. The molecular weight excluding hydrogens is 301 g/mol. The normalized spacial score (nSPS) is 11.3. The zero-order valence-electron chi connectivity index (χ0n) is 13.5. The fourth-order valence-corrected chi connectivity index (χ4v) is 2.07. The van der Waals surface area contributed by atoms with Crippen molar-refractivity contribution in [2.24, 2.45) is 7.05 Å². The van der Waals surface area contributed by atoms with Crippen LogP contribution in [0.5, 0.6) is 5.75 Å². The highest BCUT2D eigenvalue weighted by atomic mass is 19.1. The molecule has 8 heteroatoms. The molecule has 0 saturated carbocycles. The number of hydrogen-bond acceptors (Lipinski definition) is 5. The maximum Gasteiger partial charge on any atom is 0.368 e. The molecule has 0 atom stereocenters. The predicted octanol–water partition coefficient (Wildman–Crippen LogP) is 1.39. The van der Waals surface area contributed by atoms with Crippen molar-refractivity contribution in [2.75, 3.05) is 0 Å². The Bertz CT molecular complexity index is 953. The van der Waals surface area contributed by atoms with Crippen molar-refractivity contribution >= 4 is 0 Å². The van der Waals surface area contributed by atoms with Gasteiger partial charge in [-0.15, -0.1) is 0 Å². The molecule has 3 aromatic rings. The first-order valence-electron chi connectivity index (χ1n) is 7.30. The first-order chi connectivity index (χ1) is 11.5. The molecule has 0 saturated heterocycles. The number of para-hydroxylation sites is 1. The van der Waals surface area contributed by atoms with Crippen molar-refractivity contribution in [3.63, 3.8) is 0 Å². The second-order valence-corrected chi connectivity index (χ2v) is 4.88. The molecule has 0 spiro atoms. The maximum absolute atomic E-state index is 14.2. The van der Waals surface area contributed by atoms with Crippen LogP contribution in [-0.2, 0) is 13.7 Å². The topological polar surface area (TPSA) is 74.8 Å². The lowest BCUT2D eigenvalue weighted by molar-refractivity contribution is 0.295. The summed E-state index contributed by atoms with van der Waals surface area (Å²) in [4.78, 5) is 15.6. The predicted molar refractivity (Wildman–Crippen MR) is 79.9 cm³/mol. The second kappa shape index (κ2) is 5.99. The third-order valence-corrected chi connectivity index (χ3v) is 3.32. The Hall–Kier alpha value is -3.03. The van der Waals surface area contributed by atoms with E-state index in [1.165, 1.54) is 19.3 Å². The average Bonchev–Trinajstić information content (AvgIpc) is 2.87. The Kier molecular flexibility index (Phi) is 3.55. The maximum atomic E-state index is 14.2. The number of benzene rings is 1. The Balaban J connectivity index is 1.96. The largest absolute Gasteiger partial charge is 0.488 e. The molecule has 2 aromatic heterocycles. The molecular formula is C15H14FN5O2. The molecule has 3 rings (SSSR count). The van der Waals surface area contributed by atoms with E-state index >= 15 is 0 Å². The molecule has 1 aromatic carbocycles. The van der Waals surface area contributed by atoms with Crippen molar-refractivity contribution in [1.29, 1.82) is 0 Å². The fourth-order valence-electron chi connectivity index (χ4n) is 2.07. The second-order valence-electron chi connectivity index (χ2n) is 4.88. The summed E-state index contributed by atoms with van der Waals surface area (Å²) in [6.45, 7) is 1.65. The van der Waals surface area contributed by atoms with Crippen molar-refractivity contribution in [3.8, 4) is 11.4 Å².